The van der Waals surface area contributed by atoms with Crippen LogP contribution in [-0.4, -0.2) is 9.97 Å². The molecule has 5 heteroatoms. The Morgan fingerprint density at radius 2 is 2.00 bits per heavy atom. The van der Waals surface area contributed by atoms with Crippen LogP contribution in [-0.2, 0) is 4.57 Å². The van der Waals surface area contributed by atoms with Crippen molar-refractivity contribution in [1.82, 2.24) is 9.97 Å². The van der Waals surface area contributed by atoms with Gasteiger partial charge in [-0.1, -0.05) is 0 Å². The third-order valence-electron chi connectivity index (χ3n) is 0.801. The van der Waals surface area contributed by atoms with Crippen molar-refractivity contribution in [3.8, 4) is 0 Å². The molecule has 0 amide bonds. The first-order chi connectivity index (χ1) is 4.30. The van der Waals surface area contributed by atoms with E-state index in [2.05, 4.69) is 9.97 Å². The Balaban J connectivity index is 2.98. The molecule has 0 aliphatic rings. The molecule has 0 spiro atoms. The van der Waals surface area contributed by atoms with Crippen LogP contribution in [0.3, 0.4) is 0 Å². The summed E-state index contributed by atoms with van der Waals surface area (Å²) in [4.78, 5) is 7.26. The Labute approximate surface area is 53.0 Å². The minimum atomic E-state index is -1.77. The van der Waals surface area contributed by atoms with Gasteiger partial charge in [-0.05, 0) is 4.57 Å². The van der Waals surface area contributed by atoms with Gasteiger partial charge in [0.1, 0.15) is 6.33 Å². The molecule has 1 aromatic rings. The lowest BCUT2D eigenvalue weighted by molar-refractivity contribution is 0.594. The fourth-order valence-electron chi connectivity index (χ4n) is 0.405. The topological polar surface area (TPSA) is 68.9 Å². The molecule has 0 saturated heterocycles. The lowest BCUT2D eigenvalue weighted by Gasteiger charge is -1.77. The van der Waals surface area contributed by atoms with E-state index >= 15 is 0 Å². The Bertz CT molecular complexity index is 212. The highest BCUT2D eigenvalue weighted by molar-refractivity contribution is 7.50. The van der Waals surface area contributed by atoms with E-state index in [1.807, 2.05) is 0 Å². The highest BCUT2D eigenvalue weighted by Gasteiger charge is 2.11. The van der Waals surface area contributed by atoms with E-state index in [4.69, 9.17) is 5.50 Å². The molecule has 1 heterocycles. The monoisotopic (exact) mass is 142 g/mol. The quantitative estimate of drug-likeness (QED) is 0.551. The van der Waals surface area contributed by atoms with E-state index in [9.17, 15) is 4.57 Å². The molecule has 0 aliphatic heterocycles. The minimum absolute atomic E-state index is 0.479. The van der Waals surface area contributed by atoms with Crippen LogP contribution in [0.2, 0.25) is 0 Å². The zero-order valence-corrected chi connectivity index (χ0v) is 5.45. The first kappa shape index (κ1) is 6.26. The van der Waals surface area contributed by atoms with Crippen molar-refractivity contribution in [2.45, 2.75) is 0 Å². The molecular formula is C4H5N3OP+. The molecular weight excluding hydrogens is 137 g/mol. The fourth-order valence-corrected chi connectivity index (χ4v) is 0.766. The maximum Gasteiger partial charge on any atom is 0.472 e. The van der Waals surface area contributed by atoms with E-state index in [1.54, 1.807) is 0 Å². The number of nitrogens with zero attached hydrogens (tertiary/aromatic N) is 2. The van der Waals surface area contributed by atoms with Crippen LogP contribution in [0.25, 0.3) is 0 Å². The minimum Gasteiger partial charge on any atom is -0.240 e. The van der Waals surface area contributed by atoms with Gasteiger partial charge in [0, 0.05) is 0 Å². The van der Waals surface area contributed by atoms with Crippen LogP contribution in [0.4, 0.5) is 0 Å². The van der Waals surface area contributed by atoms with Crippen molar-refractivity contribution in [3.63, 3.8) is 0 Å². The van der Waals surface area contributed by atoms with Gasteiger partial charge in [-0.15, -0.1) is 5.50 Å². The predicted molar refractivity (Wildman–Crippen MR) is 33.5 cm³/mol. The van der Waals surface area contributed by atoms with Gasteiger partial charge >= 0.3 is 7.95 Å². The number of nitrogens with two attached hydrogens (primary N) is 1. The van der Waals surface area contributed by atoms with Crippen LogP contribution < -0.4 is 10.8 Å². The average molecular weight is 142 g/mol. The summed E-state index contributed by atoms with van der Waals surface area (Å²) in [5.41, 5.74) is 5.04. The summed E-state index contributed by atoms with van der Waals surface area (Å²) in [5, 5.41) is 0.479. The SMILES string of the molecule is N[P+](=O)c1cncnc1. The normalized spacial score (nSPS) is 11.0. The highest BCUT2D eigenvalue weighted by atomic mass is 31.1. The second-order valence-corrected chi connectivity index (χ2v) is 2.59. The van der Waals surface area contributed by atoms with E-state index in [1.165, 1.54) is 18.7 Å². The van der Waals surface area contributed by atoms with Crippen molar-refractivity contribution >= 4 is 13.3 Å². The maximum absolute atomic E-state index is 10.5. The number of aromatic nitrogens is 2. The molecule has 0 saturated carbocycles. The summed E-state index contributed by atoms with van der Waals surface area (Å²) in [7, 11) is -1.77. The molecule has 0 bridgehead atoms. The van der Waals surface area contributed by atoms with Crippen LogP contribution in [0.5, 0.6) is 0 Å². The van der Waals surface area contributed by atoms with Crippen molar-refractivity contribution in [3.05, 3.63) is 18.7 Å². The third-order valence-corrected chi connectivity index (χ3v) is 1.54. The summed E-state index contributed by atoms with van der Waals surface area (Å²) in [6.45, 7) is 0. The average Bonchev–Trinajstić information content (AvgIpc) is 1.90. The van der Waals surface area contributed by atoms with Crippen molar-refractivity contribution in [1.29, 1.82) is 0 Å². The summed E-state index contributed by atoms with van der Waals surface area (Å²) < 4.78 is 10.5. The number of rotatable bonds is 1. The standard InChI is InChI=1S/C4H5N3OP/c5-9(8)4-1-6-3-7-2-4/h1-3H,(H2,5,8)/q+1. The summed E-state index contributed by atoms with van der Waals surface area (Å²) in [5.74, 6) is 0. The second-order valence-electron chi connectivity index (χ2n) is 1.42. The van der Waals surface area contributed by atoms with Gasteiger partial charge in [0.05, 0.1) is 12.4 Å². The smallest absolute Gasteiger partial charge is 0.240 e. The largest absolute Gasteiger partial charge is 0.472 e. The van der Waals surface area contributed by atoms with Crippen LogP contribution >= 0.6 is 7.95 Å². The van der Waals surface area contributed by atoms with Crippen molar-refractivity contribution in [2.24, 2.45) is 5.50 Å². The molecule has 9 heavy (non-hydrogen) atoms. The summed E-state index contributed by atoms with van der Waals surface area (Å²) in [6.07, 6.45) is 4.24. The van der Waals surface area contributed by atoms with Crippen LogP contribution in [0, 0.1) is 0 Å². The maximum atomic E-state index is 10.5. The van der Waals surface area contributed by atoms with Crippen LogP contribution in [0.15, 0.2) is 18.7 Å². The summed E-state index contributed by atoms with van der Waals surface area (Å²) >= 11 is 0. The van der Waals surface area contributed by atoms with Crippen LogP contribution in [0.1, 0.15) is 0 Å². The molecule has 2 N–H and O–H groups in total. The predicted octanol–water partition coefficient (Wildman–Crippen LogP) is -0.197. The molecule has 1 aromatic heterocycles. The number of hydrogen-bond donors (Lipinski definition) is 1. The lowest BCUT2D eigenvalue weighted by atomic mass is 10.7. The van der Waals surface area contributed by atoms with E-state index in [0.29, 0.717) is 5.30 Å². The zero-order chi connectivity index (χ0) is 6.69. The second kappa shape index (κ2) is 2.62. The Morgan fingerprint density at radius 3 is 2.33 bits per heavy atom. The van der Waals surface area contributed by atoms with Gasteiger partial charge in [0.15, 0.2) is 0 Å². The third kappa shape index (κ3) is 1.52. The zero-order valence-electron chi connectivity index (χ0n) is 4.56. The summed E-state index contributed by atoms with van der Waals surface area (Å²) in [6, 6.07) is 0. The molecule has 4 nitrogen and oxygen atoms in total. The lowest BCUT2D eigenvalue weighted by Crippen LogP contribution is -2.02. The molecule has 0 aliphatic carbocycles. The van der Waals surface area contributed by atoms with E-state index in [0.717, 1.165) is 0 Å². The Hall–Kier alpha value is -0.860. The van der Waals surface area contributed by atoms with Gasteiger partial charge in [-0.25, -0.2) is 9.97 Å². The molecule has 46 valence electrons. The first-order valence-electron chi connectivity index (χ1n) is 2.27. The van der Waals surface area contributed by atoms with Gasteiger partial charge in [0.25, 0.3) is 0 Å². The molecule has 1 unspecified atom stereocenters. The molecule has 0 fully saturated rings. The number of hydrogen-bond acceptors (Lipinski definition) is 3. The highest BCUT2D eigenvalue weighted by Crippen LogP contribution is 2.03. The van der Waals surface area contributed by atoms with Crippen molar-refractivity contribution < 1.29 is 4.57 Å². The Morgan fingerprint density at radius 1 is 1.44 bits per heavy atom. The van der Waals surface area contributed by atoms with Gasteiger partial charge in [0.2, 0.25) is 5.30 Å². The van der Waals surface area contributed by atoms with Gasteiger partial charge in [-0.3, -0.25) is 0 Å². The molecule has 0 radical (unpaired) electrons. The van der Waals surface area contributed by atoms with E-state index in [-0.39, 0.29) is 0 Å². The Kier molecular flexibility index (Phi) is 1.82. The van der Waals surface area contributed by atoms with E-state index < -0.39 is 7.95 Å². The van der Waals surface area contributed by atoms with Crippen molar-refractivity contribution in [2.75, 3.05) is 0 Å². The molecule has 1 rings (SSSR count). The first-order valence-corrected chi connectivity index (χ1v) is 3.60. The fraction of sp³-hybridized carbons (Fsp3) is 0. The molecule has 0 aromatic carbocycles. The van der Waals surface area contributed by atoms with Gasteiger partial charge < -0.3 is 0 Å². The van der Waals surface area contributed by atoms with Gasteiger partial charge in [-0.2, -0.15) is 0 Å². The molecule has 1 atom stereocenters.